The van der Waals surface area contributed by atoms with Gasteiger partial charge in [0, 0.05) is 46.6 Å². The van der Waals surface area contributed by atoms with E-state index in [4.69, 9.17) is 9.57 Å². The van der Waals surface area contributed by atoms with E-state index in [0.29, 0.717) is 16.7 Å². The van der Waals surface area contributed by atoms with Gasteiger partial charge in [-0.25, -0.2) is 4.79 Å². The van der Waals surface area contributed by atoms with Crippen molar-refractivity contribution in [2.75, 3.05) is 6.54 Å². The van der Waals surface area contributed by atoms with Crippen LogP contribution in [-0.2, 0) is 27.4 Å². The van der Waals surface area contributed by atoms with Crippen LogP contribution in [0.1, 0.15) is 17.7 Å². The molecule has 0 bridgehead atoms. The molecule has 0 spiro atoms. The molecule has 3 heterocycles. The predicted molar refractivity (Wildman–Crippen MR) is 141 cm³/mol. The molecule has 2 atom stereocenters. The zero-order valence-electron chi connectivity index (χ0n) is 19.6. The molecule has 11 heteroatoms. The predicted octanol–water partition coefficient (Wildman–Crippen LogP) is 3.87. The number of amides is 2. The number of benzene rings is 2. The van der Waals surface area contributed by atoms with E-state index in [1.54, 1.807) is 24.4 Å². The number of aromatic amines is 1. The molecule has 2 aromatic heterocycles. The molecule has 37 heavy (non-hydrogen) atoms. The number of aromatic hydroxyl groups is 1. The molecule has 1 aliphatic heterocycles. The van der Waals surface area contributed by atoms with E-state index in [1.807, 2.05) is 36.4 Å². The molecule has 0 radical (unpaired) electrons. The number of hydrogen-bond acceptors (Lipinski definition) is 7. The average Bonchev–Trinajstić information content (AvgIpc) is 3.50. The fraction of sp³-hybridized carbons (Fsp3) is 0.231. The summed E-state index contributed by atoms with van der Waals surface area (Å²) in [6.45, 7) is 0.235. The van der Waals surface area contributed by atoms with Crippen molar-refractivity contribution in [3.05, 3.63) is 72.1 Å². The Bertz CT molecular complexity index is 1490. The highest BCUT2D eigenvalue weighted by Crippen LogP contribution is 2.21. The molecule has 1 aliphatic rings. The molecule has 4 aromatic rings. The molecule has 10 nitrogen and oxygen atoms in total. The van der Waals surface area contributed by atoms with Gasteiger partial charge < -0.3 is 30.3 Å². The zero-order chi connectivity index (χ0) is 25.8. The Morgan fingerprint density at radius 3 is 2.89 bits per heavy atom. The van der Waals surface area contributed by atoms with Crippen LogP contribution in [0.15, 0.2) is 65.9 Å². The maximum absolute atomic E-state index is 13.1. The van der Waals surface area contributed by atoms with E-state index in [0.717, 1.165) is 27.4 Å². The number of phenolic OH excluding ortho intramolecular Hbond substituents is 1. The van der Waals surface area contributed by atoms with Crippen LogP contribution < -0.4 is 10.6 Å². The number of hydrogen-bond donors (Lipinski definition) is 4. The van der Waals surface area contributed by atoms with Gasteiger partial charge in [-0.2, -0.15) is 0 Å². The summed E-state index contributed by atoms with van der Waals surface area (Å²) in [5.74, 6) is -0.250. The number of carbonyl (C=O) groups excluding carboxylic acids is 2. The van der Waals surface area contributed by atoms with E-state index < -0.39 is 18.0 Å². The second-order valence-corrected chi connectivity index (χ2v) is 9.64. The molecule has 2 amide bonds. The van der Waals surface area contributed by atoms with E-state index in [9.17, 15) is 14.7 Å². The van der Waals surface area contributed by atoms with Gasteiger partial charge in [-0.05, 0) is 52.3 Å². The fourth-order valence-electron chi connectivity index (χ4n) is 4.09. The highest BCUT2D eigenvalue weighted by atomic mass is 79.9. The van der Waals surface area contributed by atoms with Gasteiger partial charge in [0.2, 0.25) is 5.91 Å². The second kappa shape index (κ2) is 10.9. The Morgan fingerprint density at radius 2 is 2.05 bits per heavy atom. The smallest absolute Gasteiger partial charge is 0.408 e. The number of alkyl carbamates (subject to hydrolysis) is 1. The van der Waals surface area contributed by atoms with Gasteiger partial charge in [0.15, 0.2) is 6.10 Å². The van der Waals surface area contributed by atoms with Crippen LogP contribution in [-0.4, -0.2) is 50.4 Å². The Labute approximate surface area is 220 Å². The van der Waals surface area contributed by atoms with Gasteiger partial charge in [-0.1, -0.05) is 23.4 Å². The number of H-pyrrole nitrogens is 1. The van der Waals surface area contributed by atoms with Crippen LogP contribution in [0.25, 0.3) is 21.8 Å². The second-order valence-electron chi connectivity index (χ2n) is 8.72. The molecule has 5 rings (SSSR count). The first-order valence-electron chi connectivity index (χ1n) is 11.7. The first kappa shape index (κ1) is 24.6. The minimum absolute atomic E-state index is 0.00491. The summed E-state index contributed by atoms with van der Waals surface area (Å²) in [6.07, 6.45) is 1.36. The van der Waals surface area contributed by atoms with Gasteiger partial charge >= 0.3 is 6.09 Å². The lowest BCUT2D eigenvalue weighted by Crippen LogP contribution is -2.49. The number of phenols is 1. The van der Waals surface area contributed by atoms with E-state index in [2.05, 4.69) is 41.7 Å². The van der Waals surface area contributed by atoms with Crippen LogP contribution in [0, 0.1) is 0 Å². The summed E-state index contributed by atoms with van der Waals surface area (Å²) >= 11 is 3.28. The summed E-state index contributed by atoms with van der Waals surface area (Å²) < 4.78 is 6.07. The third kappa shape index (κ3) is 6.18. The molecule has 0 aliphatic carbocycles. The Kier molecular flexibility index (Phi) is 7.22. The lowest BCUT2D eigenvalue weighted by atomic mass is 10.1. The zero-order valence-corrected chi connectivity index (χ0v) is 21.2. The summed E-state index contributed by atoms with van der Waals surface area (Å²) in [4.78, 5) is 38.6. The lowest BCUT2D eigenvalue weighted by molar-refractivity contribution is -0.123. The quantitative estimate of drug-likeness (QED) is 0.256. The van der Waals surface area contributed by atoms with Crippen LogP contribution in [0.5, 0.6) is 5.75 Å². The summed E-state index contributed by atoms with van der Waals surface area (Å²) in [6, 6.07) is 15.4. The van der Waals surface area contributed by atoms with Gasteiger partial charge in [0.25, 0.3) is 0 Å². The number of para-hydroxylation sites is 1. The number of carbonyl (C=O) groups is 2. The van der Waals surface area contributed by atoms with Crippen LogP contribution >= 0.6 is 15.9 Å². The maximum Gasteiger partial charge on any atom is 0.408 e. The number of ether oxygens (including phenoxy) is 1. The van der Waals surface area contributed by atoms with E-state index in [-0.39, 0.29) is 31.4 Å². The molecular weight excluding hydrogens is 542 g/mol. The number of rotatable bonds is 8. The molecule has 4 N–H and O–H groups in total. The third-order valence-corrected chi connectivity index (χ3v) is 6.38. The monoisotopic (exact) mass is 565 g/mol. The fourth-order valence-corrected chi connectivity index (χ4v) is 4.53. The summed E-state index contributed by atoms with van der Waals surface area (Å²) in [5, 5.41) is 20.8. The van der Waals surface area contributed by atoms with Crippen molar-refractivity contribution in [2.24, 2.45) is 5.16 Å². The number of halogens is 1. The van der Waals surface area contributed by atoms with E-state index in [1.165, 1.54) is 0 Å². The van der Waals surface area contributed by atoms with E-state index >= 15 is 0 Å². The summed E-state index contributed by atoms with van der Waals surface area (Å²) in [7, 11) is 0. The highest BCUT2D eigenvalue weighted by molar-refractivity contribution is 9.18. The SMILES string of the molecule is O=C(NC(Cc1cc2cc(O)ccc2[nH]1)C(=O)NC[C@H]1CC(Br)=NO1)OCc1cnc2ccccc2c1. The Balaban J connectivity index is 1.25. The molecule has 0 saturated heterocycles. The number of nitrogens with one attached hydrogen (secondary N) is 3. The highest BCUT2D eigenvalue weighted by Gasteiger charge is 2.26. The maximum atomic E-state index is 13.1. The topological polar surface area (TPSA) is 138 Å². The molecule has 190 valence electrons. The largest absolute Gasteiger partial charge is 0.508 e. The minimum atomic E-state index is -0.922. The van der Waals surface area contributed by atoms with Crippen molar-refractivity contribution in [1.82, 2.24) is 20.6 Å². The van der Waals surface area contributed by atoms with Crippen molar-refractivity contribution in [2.45, 2.75) is 31.6 Å². The van der Waals surface area contributed by atoms with Gasteiger partial charge in [-0.3, -0.25) is 9.78 Å². The van der Waals surface area contributed by atoms with Gasteiger partial charge in [0.1, 0.15) is 23.0 Å². The minimum Gasteiger partial charge on any atom is -0.508 e. The molecule has 1 unspecified atom stereocenters. The number of aromatic nitrogens is 2. The van der Waals surface area contributed by atoms with Crippen molar-refractivity contribution < 1.29 is 24.3 Å². The molecular formula is C26H24BrN5O5. The molecule has 2 aromatic carbocycles. The standard InChI is InChI=1S/C26H24BrN5O5/c27-24-11-20(37-32-24)13-29-25(34)23(10-18-8-17-9-19(33)5-6-22(17)30-18)31-26(35)36-14-15-7-16-3-1-2-4-21(16)28-12-15/h1-9,12,20,23,30,33H,10-11,13-14H2,(H,29,34)(H,31,35)/t20-,23?/m1/s1. The van der Waals surface area contributed by atoms with Crippen LogP contribution in [0.3, 0.4) is 0 Å². The molecule has 0 saturated carbocycles. The van der Waals surface area contributed by atoms with Crippen LogP contribution in [0.2, 0.25) is 0 Å². The molecule has 0 fully saturated rings. The first-order valence-corrected chi connectivity index (χ1v) is 12.5. The lowest BCUT2D eigenvalue weighted by Gasteiger charge is -2.19. The van der Waals surface area contributed by atoms with Crippen molar-refractivity contribution >= 4 is 54.4 Å². The number of pyridine rings is 1. The van der Waals surface area contributed by atoms with Gasteiger partial charge in [-0.15, -0.1) is 0 Å². The summed E-state index contributed by atoms with van der Waals surface area (Å²) in [5.41, 5.74) is 3.10. The van der Waals surface area contributed by atoms with Crippen molar-refractivity contribution in [1.29, 1.82) is 0 Å². The number of fused-ring (bicyclic) bond motifs is 2. The Morgan fingerprint density at radius 1 is 1.19 bits per heavy atom. The van der Waals surface area contributed by atoms with Gasteiger partial charge in [0.05, 0.1) is 12.1 Å². The van der Waals surface area contributed by atoms with Crippen molar-refractivity contribution in [3.8, 4) is 5.75 Å². The van der Waals surface area contributed by atoms with Crippen LogP contribution in [0.4, 0.5) is 4.79 Å². The normalized spacial score (nSPS) is 15.7. The third-order valence-electron chi connectivity index (χ3n) is 5.91. The average molecular weight is 566 g/mol. The number of nitrogens with zero attached hydrogens (tertiary/aromatic N) is 2. The Hall–Kier alpha value is -4.12. The van der Waals surface area contributed by atoms with Crippen molar-refractivity contribution in [3.63, 3.8) is 0 Å². The number of oxime groups is 1. The first-order chi connectivity index (χ1) is 17.9.